The highest BCUT2D eigenvalue weighted by Crippen LogP contribution is 2.08. The number of hydrogen-bond donors (Lipinski definition) is 2. The van der Waals surface area contributed by atoms with Gasteiger partial charge in [0, 0.05) is 6.42 Å². The molecule has 0 rings (SSSR count). The van der Waals surface area contributed by atoms with E-state index in [2.05, 4.69) is 0 Å². The van der Waals surface area contributed by atoms with Crippen molar-refractivity contribution >= 4 is 5.97 Å². The monoisotopic (exact) mass is 214 g/mol. The summed E-state index contributed by atoms with van der Waals surface area (Å²) in [4.78, 5) is 10.2. The first-order valence-electron chi connectivity index (χ1n) is 5.75. The number of carboxylic acids is 1. The number of rotatable bonds is 10. The smallest absolute Gasteiger partial charge is 0.303 e. The van der Waals surface area contributed by atoms with E-state index in [0.29, 0.717) is 6.42 Å². The Morgan fingerprint density at radius 1 is 0.933 bits per heavy atom. The Labute approximate surface area is 91.8 Å². The molecule has 3 nitrogen and oxygen atoms in total. The maximum absolute atomic E-state index is 10.2. The molecule has 0 radical (unpaired) electrons. The Hall–Kier alpha value is -0.830. The summed E-state index contributed by atoms with van der Waals surface area (Å²) < 4.78 is 0. The van der Waals surface area contributed by atoms with Gasteiger partial charge in [-0.05, 0) is 19.3 Å². The Kier molecular flexibility index (Phi) is 10.6. The van der Waals surface area contributed by atoms with Gasteiger partial charge in [0.25, 0.3) is 0 Å². The second-order valence-electron chi connectivity index (χ2n) is 3.71. The minimum Gasteiger partial charge on any atom is -0.481 e. The van der Waals surface area contributed by atoms with Crippen molar-refractivity contribution in [3.63, 3.8) is 0 Å². The fraction of sp³-hybridized carbons (Fsp3) is 0.750. The van der Waals surface area contributed by atoms with E-state index in [9.17, 15) is 4.79 Å². The number of hydrogen-bond acceptors (Lipinski definition) is 2. The van der Waals surface area contributed by atoms with Crippen LogP contribution in [0, 0.1) is 0 Å². The van der Waals surface area contributed by atoms with Gasteiger partial charge in [-0.25, -0.2) is 0 Å². The van der Waals surface area contributed by atoms with Crippen LogP contribution < -0.4 is 0 Å². The third-order valence-corrected chi connectivity index (χ3v) is 2.28. The van der Waals surface area contributed by atoms with Crippen LogP contribution in [-0.4, -0.2) is 22.8 Å². The second-order valence-corrected chi connectivity index (χ2v) is 3.71. The van der Waals surface area contributed by atoms with E-state index in [1.165, 1.54) is 12.8 Å². The van der Waals surface area contributed by atoms with Crippen LogP contribution in [0.15, 0.2) is 12.2 Å². The summed E-state index contributed by atoms with van der Waals surface area (Å²) in [5.74, 6) is -0.691. The van der Waals surface area contributed by atoms with E-state index in [1.54, 1.807) is 6.08 Å². The third-order valence-electron chi connectivity index (χ3n) is 2.28. The van der Waals surface area contributed by atoms with Gasteiger partial charge in [0.2, 0.25) is 0 Å². The molecule has 0 unspecified atom stereocenters. The van der Waals surface area contributed by atoms with Crippen molar-refractivity contribution in [2.45, 2.75) is 51.4 Å². The van der Waals surface area contributed by atoms with Gasteiger partial charge in [0.05, 0.1) is 6.61 Å². The summed E-state index contributed by atoms with van der Waals surface area (Å²) in [5, 5.41) is 16.9. The molecule has 0 aliphatic rings. The lowest BCUT2D eigenvalue weighted by atomic mass is 10.1. The first-order chi connectivity index (χ1) is 7.27. The molecule has 0 saturated heterocycles. The number of carboxylic acid groups (broad SMARTS) is 1. The molecule has 0 saturated carbocycles. The van der Waals surface area contributed by atoms with Crippen LogP contribution in [0.4, 0.5) is 0 Å². The normalized spacial score (nSPS) is 11.0. The fourth-order valence-corrected chi connectivity index (χ4v) is 1.44. The molecule has 0 amide bonds. The summed E-state index contributed by atoms with van der Waals surface area (Å²) in [7, 11) is 0. The molecule has 0 heterocycles. The zero-order chi connectivity index (χ0) is 11.4. The SMILES string of the molecule is O=C(O)CCCCCCCC/C=C/CO. The maximum Gasteiger partial charge on any atom is 0.303 e. The molecule has 0 aliphatic heterocycles. The van der Waals surface area contributed by atoms with Gasteiger partial charge >= 0.3 is 5.97 Å². The van der Waals surface area contributed by atoms with Crippen LogP contribution in [0.5, 0.6) is 0 Å². The van der Waals surface area contributed by atoms with Crippen LogP contribution >= 0.6 is 0 Å². The summed E-state index contributed by atoms with van der Waals surface area (Å²) in [6.45, 7) is 0.134. The molecule has 0 aromatic carbocycles. The first-order valence-corrected chi connectivity index (χ1v) is 5.75. The number of aliphatic hydroxyl groups excluding tert-OH is 1. The average molecular weight is 214 g/mol. The quantitative estimate of drug-likeness (QED) is 0.434. The molecule has 0 spiro atoms. The molecular formula is C12H22O3. The van der Waals surface area contributed by atoms with Crippen LogP contribution in [0.3, 0.4) is 0 Å². The van der Waals surface area contributed by atoms with Gasteiger partial charge in [-0.2, -0.15) is 0 Å². The summed E-state index contributed by atoms with van der Waals surface area (Å²) >= 11 is 0. The number of aliphatic hydroxyl groups is 1. The number of carbonyl (C=O) groups is 1. The first kappa shape index (κ1) is 14.2. The van der Waals surface area contributed by atoms with Gasteiger partial charge in [0.1, 0.15) is 0 Å². The second kappa shape index (κ2) is 11.2. The molecule has 3 heteroatoms. The highest BCUT2D eigenvalue weighted by atomic mass is 16.4. The molecular weight excluding hydrogens is 192 g/mol. The summed E-state index contributed by atoms with van der Waals surface area (Å²) in [5.41, 5.74) is 0. The van der Waals surface area contributed by atoms with Crippen molar-refractivity contribution in [2.75, 3.05) is 6.61 Å². The van der Waals surface area contributed by atoms with Crippen molar-refractivity contribution in [3.05, 3.63) is 12.2 Å². The van der Waals surface area contributed by atoms with Gasteiger partial charge in [0.15, 0.2) is 0 Å². The van der Waals surface area contributed by atoms with Crippen molar-refractivity contribution in [1.29, 1.82) is 0 Å². The number of allylic oxidation sites excluding steroid dienone is 1. The molecule has 88 valence electrons. The van der Waals surface area contributed by atoms with Gasteiger partial charge < -0.3 is 10.2 Å². The minimum atomic E-state index is -0.691. The van der Waals surface area contributed by atoms with E-state index in [0.717, 1.165) is 32.1 Å². The van der Waals surface area contributed by atoms with Crippen molar-refractivity contribution in [3.8, 4) is 0 Å². The Morgan fingerprint density at radius 2 is 1.53 bits per heavy atom. The van der Waals surface area contributed by atoms with Crippen LogP contribution in [0.1, 0.15) is 51.4 Å². The van der Waals surface area contributed by atoms with Crippen LogP contribution in [0.2, 0.25) is 0 Å². The topological polar surface area (TPSA) is 57.5 Å². The van der Waals surface area contributed by atoms with Crippen LogP contribution in [0.25, 0.3) is 0 Å². The van der Waals surface area contributed by atoms with E-state index in [4.69, 9.17) is 10.2 Å². The summed E-state index contributed by atoms with van der Waals surface area (Å²) in [6.07, 6.45) is 11.6. The van der Waals surface area contributed by atoms with Gasteiger partial charge in [-0.1, -0.05) is 37.8 Å². The molecule has 2 N–H and O–H groups in total. The Bertz CT molecular complexity index is 176. The Morgan fingerprint density at radius 3 is 2.13 bits per heavy atom. The standard InChI is InChI=1S/C12H22O3/c13-11-9-7-5-3-1-2-4-6-8-10-12(14)15/h7,9,13H,1-6,8,10-11H2,(H,14,15)/b9-7+. The molecule has 0 aliphatic carbocycles. The number of unbranched alkanes of at least 4 members (excludes halogenated alkanes) is 6. The van der Waals surface area contributed by atoms with E-state index < -0.39 is 5.97 Å². The third kappa shape index (κ3) is 13.2. The maximum atomic E-state index is 10.2. The van der Waals surface area contributed by atoms with E-state index >= 15 is 0 Å². The molecule has 0 fully saturated rings. The molecule has 15 heavy (non-hydrogen) atoms. The number of aliphatic carboxylic acids is 1. The van der Waals surface area contributed by atoms with Crippen molar-refractivity contribution < 1.29 is 15.0 Å². The van der Waals surface area contributed by atoms with Gasteiger partial charge in [-0.3, -0.25) is 4.79 Å². The van der Waals surface area contributed by atoms with E-state index in [-0.39, 0.29) is 6.61 Å². The minimum absolute atomic E-state index is 0.134. The van der Waals surface area contributed by atoms with Crippen molar-refractivity contribution in [1.82, 2.24) is 0 Å². The molecule has 0 aromatic heterocycles. The zero-order valence-electron chi connectivity index (χ0n) is 9.32. The molecule has 0 atom stereocenters. The average Bonchev–Trinajstić information content (AvgIpc) is 2.20. The highest BCUT2D eigenvalue weighted by Gasteiger charge is 1.95. The van der Waals surface area contributed by atoms with Crippen LogP contribution in [-0.2, 0) is 4.79 Å². The predicted octanol–water partition coefficient (Wildman–Crippen LogP) is 2.74. The highest BCUT2D eigenvalue weighted by molar-refractivity contribution is 5.66. The fourth-order valence-electron chi connectivity index (χ4n) is 1.44. The molecule has 0 bridgehead atoms. The molecule has 0 aromatic rings. The summed E-state index contributed by atoms with van der Waals surface area (Å²) in [6, 6.07) is 0. The largest absolute Gasteiger partial charge is 0.481 e. The van der Waals surface area contributed by atoms with E-state index in [1.807, 2.05) is 6.08 Å². The zero-order valence-corrected chi connectivity index (χ0v) is 9.32. The Balaban J connectivity index is 2.99. The lowest BCUT2D eigenvalue weighted by molar-refractivity contribution is -0.137. The van der Waals surface area contributed by atoms with Crippen molar-refractivity contribution in [2.24, 2.45) is 0 Å². The predicted molar refractivity (Wildman–Crippen MR) is 60.8 cm³/mol. The lowest BCUT2D eigenvalue weighted by Crippen LogP contribution is -1.93. The lowest BCUT2D eigenvalue weighted by Gasteiger charge is -1.99. The van der Waals surface area contributed by atoms with Gasteiger partial charge in [-0.15, -0.1) is 0 Å².